The quantitative estimate of drug-likeness (QED) is 0.500. The Morgan fingerprint density at radius 3 is 2.32 bits per heavy atom. The summed E-state index contributed by atoms with van der Waals surface area (Å²) in [6.07, 6.45) is -1.37. The largest absolute Gasteiger partial charge is 0.417 e. The predicted molar refractivity (Wildman–Crippen MR) is 131 cm³/mol. The minimum atomic E-state index is -4.93. The van der Waals surface area contributed by atoms with Crippen LogP contribution in [0.1, 0.15) is 15.9 Å². The molecule has 0 spiro atoms. The standard InChI is InChI=1S/C24H25F4N7O2/c1-33(2)23-30-11-14(12-31-23)15-8-19(20(10-18(15)25)35-6-4-34(3)5-7-35)32-22(37)16-13-29-21(36)9-17(16)24(26,27)28/h8-13H,4-7H2,1-3H3,(H,29,36)(H,32,37). The van der Waals surface area contributed by atoms with Crippen molar-refractivity contribution in [3.05, 3.63) is 64.1 Å². The summed E-state index contributed by atoms with van der Waals surface area (Å²) in [5, 5.41) is 2.50. The fourth-order valence-corrected chi connectivity index (χ4v) is 3.97. The molecule has 1 amide bonds. The monoisotopic (exact) mass is 519 g/mol. The van der Waals surface area contributed by atoms with E-state index in [1.54, 1.807) is 19.0 Å². The third-order valence-corrected chi connectivity index (χ3v) is 6.00. The maximum absolute atomic E-state index is 15.3. The molecule has 2 aromatic heterocycles. The highest BCUT2D eigenvalue weighted by Crippen LogP contribution is 2.36. The molecule has 1 aliphatic rings. The molecule has 9 nitrogen and oxygen atoms in total. The van der Waals surface area contributed by atoms with E-state index in [0.29, 0.717) is 55.6 Å². The van der Waals surface area contributed by atoms with Gasteiger partial charge in [-0.3, -0.25) is 9.59 Å². The van der Waals surface area contributed by atoms with E-state index in [0.717, 1.165) is 0 Å². The Morgan fingerprint density at radius 1 is 1.08 bits per heavy atom. The van der Waals surface area contributed by atoms with Crippen molar-refractivity contribution in [2.45, 2.75) is 6.18 Å². The summed E-state index contributed by atoms with van der Waals surface area (Å²) in [6, 6.07) is 2.93. The van der Waals surface area contributed by atoms with Crippen molar-refractivity contribution < 1.29 is 22.4 Å². The zero-order valence-electron chi connectivity index (χ0n) is 20.4. The number of carbonyl (C=O) groups excluding carboxylic acids is 1. The van der Waals surface area contributed by atoms with Crippen LogP contribution >= 0.6 is 0 Å². The van der Waals surface area contributed by atoms with Crippen molar-refractivity contribution in [1.29, 1.82) is 0 Å². The molecule has 13 heteroatoms. The van der Waals surface area contributed by atoms with E-state index >= 15 is 4.39 Å². The van der Waals surface area contributed by atoms with Crippen LogP contribution in [0.4, 0.5) is 34.9 Å². The molecular weight excluding hydrogens is 494 g/mol. The number of benzene rings is 1. The zero-order valence-corrected chi connectivity index (χ0v) is 20.4. The van der Waals surface area contributed by atoms with Gasteiger partial charge in [-0.05, 0) is 19.2 Å². The van der Waals surface area contributed by atoms with Crippen LogP contribution in [0.15, 0.2) is 41.6 Å². The molecule has 1 aliphatic heterocycles. The molecule has 1 fully saturated rings. The predicted octanol–water partition coefficient (Wildman–Crippen LogP) is 3.06. The molecular formula is C24H25F4N7O2. The number of halogens is 4. The SMILES string of the molecule is CN1CCN(c2cc(F)c(-c3cnc(N(C)C)nc3)cc2NC(=O)c2c[nH]c(=O)cc2C(F)(F)F)CC1. The van der Waals surface area contributed by atoms with Gasteiger partial charge in [0.15, 0.2) is 0 Å². The number of aromatic amines is 1. The van der Waals surface area contributed by atoms with Gasteiger partial charge in [-0.2, -0.15) is 13.2 Å². The number of carbonyl (C=O) groups is 1. The number of amides is 1. The molecule has 37 heavy (non-hydrogen) atoms. The van der Waals surface area contributed by atoms with E-state index < -0.39 is 34.6 Å². The van der Waals surface area contributed by atoms with Crippen LogP contribution in [-0.2, 0) is 6.18 Å². The van der Waals surface area contributed by atoms with Crippen LogP contribution in [0.5, 0.6) is 0 Å². The van der Waals surface area contributed by atoms with Gasteiger partial charge in [0, 0.05) is 76.1 Å². The Kier molecular flexibility index (Phi) is 7.16. The summed E-state index contributed by atoms with van der Waals surface area (Å²) in [6.45, 7) is 2.39. The van der Waals surface area contributed by atoms with Crippen molar-refractivity contribution in [1.82, 2.24) is 19.9 Å². The van der Waals surface area contributed by atoms with Crippen LogP contribution in [0, 0.1) is 5.82 Å². The molecule has 0 bridgehead atoms. The Bertz CT molecular complexity index is 1350. The number of aromatic nitrogens is 3. The van der Waals surface area contributed by atoms with Crippen LogP contribution in [-0.4, -0.2) is 73.1 Å². The first-order valence-corrected chi connectivity index (χ1v) is 11.3. The molecule has 0 atom stereocenters. The number of nitrogens with one attached hydrogen (secondary N) is 2. The minimum absolute atomic E-state index is 0.0657. The number of anilines is 3. The minimum Gasteiger partial charge on any atom is -0.367 e. The Morgan fingerprint density at radius 2 is 1.73 bits per heavy atom. The lowest BCUT2D eigenvalue weighted by molar-refractivity contribution is -0.138. The number of likely N-dealkylation sites (N-methyl/N-ethyl adjacent to an activating group) is 1. The summed E-state index contributed by atoms with van der Waals surface area (Å²) in [7, 11) is 5.44. The number of H-pyrrole nitrogens is 1. The van der Waals surface area contributed by atoms with Gasteiger partial charge in [-0.1, -0.05) is 0 Å². The van der Waals surface area contributed by atoms with Crippen molar-refractivity contribution in [3.63, 3.8) is 0 Å². The lowest BCUT2D eigenvalue weighted by Gasteiger charge is -2.35. The summed E-state index contributed by atoms with van der Waals surface area (Å²) in [5.41, 5.74) is -2.30. The Balaban J connectivity index is 1.78. The molecule has 0 aliphatic carbocycles. The number of alkyl halides is 3. The second-order valence-corrected chi connectivity index (χ2v) is 8.88. The fourth-order valence-electron chi connectivity index (χ4n) is 3.97. The molecule has 0 unspecified atom stereocenters. The first kappa shape index (κ1) is 26.1. The molecule has 4 rings (SSSR count). The number of rotatable bonds is 5. The van der Waals surface area contributed by atoms with Gasteiger partial charge in [0.2, 0.25) is 11.5 Å². The van der Waals surface area contributed by atoms with Gasteiger partial charge in [0.1, 0.15) is 5.82 Å². The number of piperazine rings is 1. The summed E-state index contributed by atoms with van der Waals surface area (Å²) in [5.74, 6) is -1.30. The molecule has 1 aromatic carbocycles. The van der Waals surface area contributed by atoms with E-state index in [4.69, 9.17) is 0 Å². The fraction of sp³-hybridized carbons (Fsp3) is 0.333. The highest BCUT2D eigenvalue weighted by atomic mass is 19.4. The second kappa shape index (κ2) is 10.2. The lowest BCUT2D eigenvalue weighted by Crippen LogP contribution is -2.44. The summed E-state index contributed by atoms with van der Waals surface area (Å²) < 4.78 is 56.0. The van der Waals surface area contributed by atoms with E-state index in [1.165, 1.54) is 24.5 Å². The van der Waals surface area contributed by atoms with Crippen LogP contribution in [0.3, 0.4) is 0 Å². The van der Waals surface area contributed by atoms with E-state index in [9.17, 15) is 22.8 Å². The number of hydrogen-bond acceptors (Lipinski definition) is 7. The smallest absolute Gasteiger partial charge is 0.367 e. The van der Waals surface area contributed by atoms with Gasteiger partial charge in [0.05, 0.1) is 22.5 Å². The molecule has 2 N–H and O–H groups in total. The summed E-state index contributed by atoms with van der Waals surface area (Å²) >= 11 is 0. The molecule has 0 radical (unpaired) electrons. The highest BCUT2D eigenvalue weighted by molar-refractivity contribution is 6.07. The molecule has 1 saturated heterocycles. The third kappa shape index (κ3) is 5.71. The normalized spacial score (nSPS) is 14.5. The molecule has 0 saturated carbocycles. The van der Waals surface area contributed by atoms with Crippen molar-refractivity contribution in [3.8, 4) is 11.1 Å². The van der Waals surface area contributed by atoms with Crippen molar-refractivity contribution >= 4 is 23.2 Å². The number of pyridine rings is 1. The molecule has 196 valence electrons. The second-order valence-electron chi connectivity index (χ2n) is 8.88. The van der Waals surface area contributed by atoms with Gasteiger partial charge in [-0.15, -0.1) is 0 Å². The van der Waals surface area contributed by atoms with E-state index in [-0.39, 0.29) is 11.3 Å². The number of hydrogen-bond donors (Lipinski definition) is 2. The maximum atomic E-state index is 15.3. The lowest BCUT2D eigenvalue weighted by atomic mass is 10.0. The average Bonchev–Trinajstić information content (AvgIpc) is 2.85. The van der Waals surface area contributed by atoms with Gasteiger partial charge < -0.3 is 25.0 Å². The van der Waals surface area contributed by atoms with Crippen LogP contribution < -0.4 is 20.7 Å². The van der Waals surface area contributed by atoms with Crippen LogP contribution in [0.2, 0.25) is 0 Å². The first-order chi connectivity index (χ1) is 17.4. The Hall–Kier alpha value is -4.00. The number of nitrogens with zero attached hydrogens (tertiary/aromatic N) is 5. The van der Waals surface area contributed by atoms with E-state index in [1.807, 2.05) is 11.9 Å². The average molecular weight is 520 g/mol. The van der Waals surface area contributed by atoms with Crippen molar-refractivity contribution in [2.24, 2.45) is 0 Å². The van der Waals surface area contributed by atoms with Gasteiger partial charge in [0.25, 0.3) is 5.91 Å². The van der Waals surface area contributed by atoms with Crippen LogP contribution in [0.25, 0.3) is 11.1 Å². The van der Waals surface area contributed by atoms with E-state index in [2.05, 4.69) is 25.2 Å². The maximum Gasteiger partial charge on any atom is 0.417 e. The van der Waals surface area contributed by atoms with Crippen molar-refractivity contribution in [2.75, 3.05) is 62.4 Å². The van der Waals surface area contributed by atoms with Gasteiger partial charge in [-0.25, -0.2) is 14.4 Å². The third-order valence-electron chi connectivity index (χ3n) is 6.00. The summed E-state index contributed by atoms with van der Waals surface area (Å²) in [4.78, 5) is 40.6. The highest BCUT2D eigenvalue weighted by Gasteiger charge is 2.36. The van der Waals surface area contributed by atoms with Gasteiger partial charge >= 0.3 is 6.18 Å². The zero-order chi connectivity index (χ0) is 26.9. The molecule has 3 aromatic rings. The molecule has 3 heterocycles. The topological polar surface area (TPSA) is 97.5 Å². The Labute approximate surface area is 209 Å². The first-order valence-electron chi connectivity index (χ1n) is 11.3.